The van der Waals surface area contributed by atoms with Crippen LogP contribution >= 0.6 is 0 Å². The zero-order valence-corrected chi connectivity index (χ0v) is 21.3. The van der Waals surface area contributed by atoms with Gasteiger partial charge in [-0.25, -0.2) is 9.78 Å². The van der Waals surface area contributed by atoms with Crippen LogP contribution in [0.4, 0.5) is 16.2 Å². The highest BCUT2D eigenvalue weighted by atomic mass is 16.6. The molecular formula is C28H29N5O4. The second-order valence-corrected chi connectivity index (χ2v) is 9.02. The molecule has 2 amide bonds. The summed E-state index contributed by atoms with van der Waals surface area (Å²) in [5, 5.41) is 14.3. The van der Waals surface area contributed by atoms with Gasteiger partial charge >= 0.3 is 6.03 Å². The lowest BCUT2D eigenvalue weighted by atomic mass is 10.1. The normalized spacial score (nSPS) is 11.8. The third kappa shape index (κ3) is 5.20. The number of nitrogens with one attached hydrogen (secondary N) is 1. The maximum Gasteiger partial charge on any atom is 0.322 e. The summed E-state index contributed by atoms with van der Waals surface area (Å²) >= 11 is 0. The van der Waals surface area contributed by atoms with Gasteiger partial charge in [0.2, 0.25) is 0 Å². The highest BCUT2D eigenvalue weighted by molar-refractivity contribution is 5.89. The number of fused-ring (bicyclic) bond motifs is 1. The molecule has 0 aliphatic heterocycles. The van der Waals surface area contributed by atoms with Gasteiger partial charge in [-0.3, -0.25) is 19.5 Å². The van der Waals surface area contributed by atoms with Crippen molar-refractivity contribution in [1.29, 1.82) is 0 Å². The third-order valence-electron chi connectivity index (χ3n) is 6.29. The molecule has 1 heterocycles. The molecule has 1 aromatic heterocycles. The van der Waals surface area contributed by atoms with Crippen LogP contribution in [0, 0.1) is 24.0 Å². The van der Waals surface area contributed by atoms with Gasteiger partial charge in [-0.15, -0.1) is 0 Å². The Labute approximate surface area is 214 Å². The topological polar surface area (TPSA) is 110 Å². The fraction of sp³-hybridized carbons (Fsp3) is 0.250. The number of urea groups is 1. The van der Waals surface area contributed by atoms with Gasteiger partial charge in [0, 0.05) is 24.4 Å². The summed E-state index contributed by atoms with van der Waals surface area (Å²) in [6, 6.07) is 17.8. The van der Waals surface area contributed by atoms with Crippen molar-refractivity contribution in [2.45, 2.75) is 40.2 Å². The Morgan fingerprint density at radius 1 is 1.11 bits per heavy atom. The van der Waals surface area contributed by atoms with Crippen LogP contribution in [0.5, 0.6) is 0 Å². The Bertz CT molecular complexity index is 1530. The van der Waals surface area contributed by atoms with Crippen molar-refractivity contribution in [2.75, 3.05) is 11.9 Å². The van der Waals surface area contributed by atoms with Crippen LogP contribution in [0.2, 0.25) is 0 Å². The summed E-state index contributed by atoms with van der Waals surface area (Å²) in [6.07, 6.45) is 0.680. The van der Waals surface area contributed by atoms with Crippen LogP contribution in [-0.4, -0.2) is 32.0 Å². The van der Waals surface area contributed by atoms with Crippen LogP contribution < -0.4 is 10.9 Å². The van der Waals surface area contributed by atoms with Gasteiger partial charge in [0.25, 0.3) is 11.2 Å². The average molecular weight is 500 g/mol. The smallest absolute Gasteiger partial charge is 0.315 e. The van der Waals surface area contributed by atoms with Crippen LogP contribution in [0.15, 0.2) is 71.5 Å². The number of nitro benzene ring substituents is 1. The van der Waals surface area contributed by atoms with E-state index < -0.39 is 17.0 Å². The number of benzene rings is 3. The quantitative estimate of drug-likeness (QED) is 0.251. The number of hydrogen-bond acceptors (Lipinski definition) is 5. The van der Waals surface area contributed by atoms with Gasteiger partial charge in [0.1, 0.15) is 5.82 Å². The molecule has 190 valence electrons. The molecule has 0 radical (unpaired) electrons. The molecule has 9 nitrogen and oxygen atoms in total. The van der Waals surface area contributed by atoms with E-state index in [1.807, 2.05) is 58.0 Å². The van der Waals surface area contributed by atoms with Crippen molar-refractivity contribution >= 4 is 28.3 Å². The lowest BCUT2D eigenvalue weighted by Crippen LogP contribution is -2.40. The number of anilines is 1. The molecule has 0 aliphatic carbocycles. The van der Waals surface area contributed by atoms with E-state index in [9.17, 15) is 19.7 Å². The van der Waals surface area contributed by atoms with Gasteiger partial charge in [0.05, 0.1) is 27.6 Å². The number of non-ortho nitro benzene ring substituents is 1. The lowest BCUT2D eigenvalue weighted by Gasteiger charge is -2.30. The van der Waals surface area contributed by atoms with Crippen molar-refractivity contribution < 1.29 is 9.72 Å². The summed E-state index contributed by atoms with van der Waals surface area (Å²) in [4.78, 5) is 44.1. The molecule has 0 aliphatic rings. The summed E-state index contributed by atoms with van der Waals surface area (Å²) in [7, 11) is 0. The summed E-state index contributed by atoms with van der Waals surface area (Å²) in [5.74, 6) is 0.447. The van der Waals surface area contributed by atoms with Gasteiger partial charge < -0.3 is 10.2 Å². The standard InChI is InChI=1S/C28H29N5O4/c1-5-16-31(28(35)29-21-11-13-22(14-12-21)33(36)37)20(4)26-30-24-9-7-6-8-23(24)27(34)32(26)25-15-10-18(2)17-19(25)3/h6-15,17,20H,5,16H2,1-4H3,(H,29,35). The fourth-order valence-corrected chi connectivity index (χ4v) is 4.43. The molecule has 0 fully saturated rings. The zero-order chi connectivity index (χ0) is 26.7. The number of hydrogen-bond donors (Lipinski definition) is 1. The molecular weight excluding hydrogens is 470 g/mol. The number of amides is 2. The number of para-hydroxylation sites is 1. The first-order valence-corrected chi connectivity index (χ1v) is 12.1. The Balaban J connectivity index is 1.80. The van der Waals surface area contributed by atoms with Crippen LogP contribution in [-0.2, 0) is 0 Å². The summed E-state index contributed by atoms with van der Waals surface area (Å²) < 4.78 is 1.60. The molecule has 4 rings (SSSR count). The molecule has 0 saturated heterocycles. The molecule has 1 atom stereocenters. The second-order valence-electron chi connectivity index (χ2n) is 9.02. The minimum absolute atomic E-state index is 0.0605. The summed E-state index contributed by atoms with van der Waals surface area (Å²) in [5.41, 5.74) is 3.44. The predicted octanol–water partition coefficient (Wildman–Crippen LogP) is 5.92. The second kappa shape index (κ2) is 10.6. The molecule has 1 N–H and O–H groups in total. The van der Waals surface area contributed by atoms with E-state index in [2.05, 4.69) is 5.32 Å². The van der Waals surface area contributed by atoms with Gasteiger partial charge in [-0.05, 0) is 63.1 Å². The third-order valence-corrected chi connectivity index (χ3v) is 6.29. The van der Waals surface area contributed by atoms with Crippen LogP contribution in [0.25, 0.3) is 16.6 Å². The fourth-order valence-electron chi connectivity index (χ4n) is 4.43. The lowest BCUT2D eigenvalue weighted by molar-refractivity contribution is -0.384. The Morgan fingerprint density at radius 3 is 2.46 bits per heavy atom. The highest BCUT2D eigenvalue weighted by Gasteiger charge is 2.27. The van der Waals surface area contributed by atoms with Crippen molar-refractivity contribution in [3.63, 3.8) is 0 Å². The van der Waals surface area contributed by atoms with Crippen molar-refractivity contribution in [3.05, 3.63) is 104 Å². The largest absolute Gasteiger partial charge is 0.322 e. The Kier molecular flexibility index (Phi) is 7.33. The minimum atomic E-state index is -0.559. The van der Waals surface area contributed by atoms with Gasteiger partial charge in [-0.2, -0.15) is 0 Å². The van der Waals surface area contributed by atoms with E-state index in [-0.39, 0.29) is 11.2 Å². The Morgan fingerprint density at radius 2 is 1.81 bits per heavy atom. The minimum Gasteiger partial charge on any atom is -0.315 e. The number of carbonyl (C=O) groups is 1. The number of aryl methyl sites for hydroxylation is 2. The van der Waals surface area contributed by atoms with Crippen molar-refractivity contribution in [2.24, 2.45) is 0 Å². The SMILES string of the molecule is CCCN(C(=O)Nc1ccc([N+](=O)[O-])cc1)C(C)c1nc2ccccc2c(=O)n1-c1ccc(C)cc1C. The van der Waals surface area contributed by atoms with E-state index >= 15 is 0 Å². The Hall–Kier alpha value is -4.53. The summed E-state index contributed by atoms with van der Waals surface area (Å²) in [6.45, 7) is 8.16. The number of aromatic nitrogens is 2. The average Bonchev–Trinajstić information content (AvgIpc) is 2.87. The van der Waals surface area contributed by atoms with E-state index in [0.29, 0.717) is 41.1 Å². The first kappa shape index (κ1) is 25.6. The zero-order valence-electron chi connectivity index (χ0n) is 21.3. The highest BCUT2D eigenvalue weighted by Crippen LogP contribution is 2.26. The van der Waals surface area contributed by atoms with E-state index in [4.69, 9.17) is 4.98 Å². The van der Waals surface area contributed by atoms with Gasteiger partial charge in [0.15, 0.2) is 0 Å². The number of rotatable bonds is 7. The van der Waals surface area contributed by atoms with E-state index in [0.717, 1.165) is 11.1 Å². The van der Waals surface area contributed by atoms with E-state index in [1.54, 1.807) is 21.6 Å². The maximum absolute atomic E-state index is 13.8. The first-order chi connectivity index (χ1) is 17.7. The van der Waals surface area contributed by atoms with E-state index in [1.165, 1.54) is 24.3 Å². The molecule has 1 unspecified atom stereocenters. The van der Waals surface area contributed by atoms with Crippen LogP contribution in [0.3, 0.4) is 0 Å². The molecule has 37 heavy (non-hydrogen) atoms. The number of nitro groups is 1. The van der Waals surface area contributed by atoms with Crippen molar-refractivity contribution in [1.82, 2.24) is 14.5 Å². The molecule has 3 aromatic carbocycles. The molecule has 9 heteroatoms. The van der Waals surface area contributed by atoms with Gasteiger partial charge in [-0.1, -0.05) is 36.8 Å². The van der Waals surface area contributed by atoms with Crippen molar-refractivity contribution in [3.8, 4) is 5.69 Å². The monoisotopic (exact) mass is 499 g/mol. The number of carbonyl (C=O) groups excluding carboxylic acids is 1. The molecule has 0 saturated carbocycles. The molecule has 0 spiro atoms. The predicted molar refractivity (Wildman–Crippen MR) is 144 cm³/mol. The maximum atomic E-state index is 13.8. The number of nitrogens with zero attached hydrogens (tertiary/aromatic N) is 4. The van der Waals surface area contributed by atoms with Crippen LogP contribution in [0.1, 0.15) is 43.3 Å². The molecule has 0 bridgehead atoms. The first-order valence-electron chi connectivity index (χ1n) is 12.1. The molecule has 4 aromatic rings.